The lowest BCUT2D eigenvalue weighted by Crippen LogP contribution is -2.60. The monoisotopic (exact) mass is 866 g/mol. The van der Waals surface area contributed by atoms with Crippen LogP contribution < -0.4 is 0 Å². The number of rotatable bonds is 20. The maximum absolute atomic E-state index is 13.9. The van der Waals surface area contributed by atoms with Crippen LogP contribution in [0.5, 0.6) is 0 Å². The number of aliphatic hydroxyl groups excluding tert-OH is 1. The second-order valence-corrected chi connectivity index (χ2v) is 16.4. The molecule has 0 aliphatic carbocycles. The summed E-state index contributed by atoms with van der Waals surface area (Å²) in [5.41, 5.74) is 5.08. The van der Waals surface area contributed by atoms with Gasteiger partial charge < -0.3 is 43.0 Å². The van der Waals surface area contributed by atoms with Crippen molar-refractivity contribution in [3.05, 3.63) is 204 Å². The Labute approximate surface area is 376 Å². The predicted molar refractivity (Wildman–Crippen MR) is 242 cm³/mol. The van der Waals surface area contributed by atoms with E-state index in [1.165, 1.54) is 6.08 Å². The van der Waals surface area contributed by atoms with Crippen LogP contribution in [-0.4, -0.2) is 85.1 Å². The molecule has 10 heteroatoms. The van der Waals surface area contributed by atoms with E-state index in [1.54, 1.807) is 6.08 Å². The third-order valence-corrected chi connectivity index (χ3v) is 11.7. The molecule has 0 bridgehead atoms. The minimum atomic E-state index is -1.16. The van der Waals surface area contributed by atoms with Crippen LogP contribution in [0.25, 0.3) is 0 Å². The maximum atomic E-state index is 13.9. The van der Waals surface area contributed by atoms with Gasteiger partial charge in [-0.05, 0) is 46.4 Å². The standard InChI is InChI=1S/C54H58O10/c55-44-26-27-46-47(29-28-45(59-35-41-20-10-3-11-21-41)51(63-46)38-58-34-40-18-8-2-9-19-40)62-49(44)32-50-52(56)54(61-37-43-24-14-5-15-25-43)53(60-36-42-22-12-4-13-23-42)48(64-50)30-31-57-33-39-16-6-1-7-17-39/h1-29,45-54,56H,30-38H2/t45-,46-,47+,48-,49-,50+,51+,52+,53-,54-/m0/s1. The van der Waals surface area contributed by atoms with Gasteiger partial charge in [-0.2, -0.15) is 0 Å². The van der Waals surface area contributed by atoms with Gasteiger partial charge in [-0.1, -0.05) is 164 Å². The number of hydrogen-bond acceptors (Lipinski definition) is 10. The number of carbonyl (C=O) groups excluding carboxylic acids is 1. The summed E-state index contributed by atoms with van der Waals surface area (Å²) < 4.78 is 52.2. The summed E-state index contributed by atoms with van der Waals surface area (Å²) in [6, 6.07) is 49.7. The topological polar surface area (TPSA) is 111 Å². The summed E-state index contributed by atoms with van der Waals surface area (Å²) in [5, 5.41) is 12.2. The minimum Gasteiger partial charge on any atom is -0.388 e. The number of ether oxygens (including phenoxy) is 8. The van der Waals surface area contributed by atoms with Crippen LogP contribution in [0.3, 0.4) is 0 Å². The van der Waals surface area contributed by atoms with Gasteiger partial charge in [0.15, 0.2) is 5.78 Å². The highest BCUT2D eigenvalue weighted by Crippen LogP contribution is 2.34. The highest BCUT2D eigenvalue weighted by molar-refractivity contribution is 5.94. The Morgan fingerprint density at radius 1 is 0.469 bits per heavy atom. The molecule has 1 fully saturated rings. The Bertz CT molecular complexity index is 2170. The summed E-state index contributed by atoms with van der Waals surface area (Å²) in [6.45, 7) is 2.39. The zero-order valence-electron chi connectivity index (χ0n) is 36.0. The van der Waals surface area contributed by atoms with E-state index in [-0.39, 0.29) is 32.0 Å². The van der Waals surface area contributed by atoms with E-state index in [0.29, 0.717) is 32.8 Å². The van der Waals surface area contributed by atoms with Crippen molar-refractivity contribution in [1.82, 2.24) is 0 Å². The van der Waals surface area contributed by atoms with Crippen LogP contribution in [-0.2, 0) is 75.7 Å². The van der Waals surface area contributed by atoms with Crippen molar-refractivity contribution in [2.45, 2.75) is 107 Å². The predicted octanol–water partition coefficient (Wildman–Crippen LogP) is 8.30. The molecule has 0 amide bonds. The first kappa shape index (κ1) is 45.5. The van der Waals surface area contributed by atoms with E-state index in [0.717, 1.165) is 27.8 Å². The van der Waals surface area contributed by atoms with Gasteiger partial charge in [0.25, 0.3) is 0 Å². The molecule has 3 aliphatic rings. The van der Waals surface area contributed by atoms with Crippen molar-refractivity contribution < 1.29 is 47.8 Å². The number of aliphatic hydroxyl groups is 1. The molecule has 10 nitrogen and oxygen atoms in total. The first-order valence-corrected chi connectivity index (χ1v) is 22.3. The molecule has 1 saturated heterocycles. The van der Waals surface area contributed by atoms with Gasteiger partial charge in [0.2, 0.25) is 0 Å². The second-order valence-electron chi connectivity index (χ2n) is 16.4. The fraction of sp³-hybridized carbons (Fsp3) is 0.352. The third kappa shape index (κ3) is 13.0. The Hall–Kier alpha value is -5.11. The summed E-state index contributed by atoms with van der Waals surface area (Å²) in [4.78, 5) is 13.9. The van der Waals surface area contributed by atoms with E-state index in [1.807, 2.05) is 164 Å². The van der Waals surface area contributed by atoms with Gasteiger partial charge >= 0.3 is 0 Å². The van der Waals surface area contributed by atoms with Gasteiger partial charge in [0.05, 0.1) is 51.8 Å². The largest absolute Gasteiger partial charge is 0.388 e. The van der Waals surface area contributed by atoms with Crippen LogP contribution in [0.1, 0.15) is 40.7 Å². The molecule has 64 heavy (non-hydrogen) atoms. The van der Waals surface area contributed by atoms with Crippen molar-refractivity contribution in [1.29, 1.82) is 0 Å². The average Bonchev–Trinajstić information content (AvgIpc) is 3.59. The van der Waals surface area contributed by atoms with Crippen LogP contribution in [0, 0.1) is 0 Å². The van der Waals surface area contributed by atoms with Gasteiger partial charge in [-0.25, -0.2) is 0 Å². The van der Waals surface area contributed by atoms with Crippen LogP contribution in [0.15, 0.2) is 176 Å². The SMILES string of the molecule is O=C1C=C[C@@H]2O[C@H](COCc3ccccc3)[C@@H](OCc3ccccc3)C=C[C@H]2O[C@H]1C[C@H]1O[C@@H](CCOCc2ccccc2)[C@H](OCc2ccccc2)[C@@H](OCc2ccccc2)[C@@H]1O. The van der Waals surface area contributed by atoms with Gasteiger partial charge in [0, 0.05) is 13.0 Å². The fourth-order valence-corrected chi connectivity index (χ4v) is 8.27. The second kappa shape index (κ2) is 23.7. The van der Waals surface area contributed by atoms with Crippen LogP contribution in [0.2, 0.25) is 0 Å². The zero-order valence-corrected chi connectivity index (χ0v) is 36.0. The molecule has 0 spiro atoms. The molecule has 0 saturated carbocycles. The average molecular weight is 867 g/mol. The Morgan fingerprint density at radius 3 is 1.52 bits per heavy atom. The highest BCUT2D eigenvalue weighted by atomic mass is 16.6. The van der Waals surface area contributed by atoms with Gasteiger partial charge in [0.1, 0.15) is 48.8 Å². The summed E-state index contributed by atoms with van der Waals surface area (Å²) >= 11 is 0. The Kier molecular flexibility index (Phi) is 16.8. The lowest BCUT2D eigenvalue weighted by atomic mass is 9.89. The maximum Gasteiger partial charge on any atom is 0.184 e. The van der Waals surface area contributed by atoms with E-state index in [2.05, 4.69) is 0 Å². The van der Waals surface area contributed by atoms with E-state index in [9.17, 15) is 9.90 Å². The number of fused-ring (bicyclic) bond motifs is 1. The molecule has 10 atom stereocenters. The number of hydrogen-bond donors (Lipinski definition) is 1. The molecular formula is C54H58O10. The molecular weight excluding hydrogens is 809 g/mol. The van der Waals surface area contributed by atoms with E-state index >= 15 is 0 Å². The first-order chi connectivity index (χ1) is 31.6. The third-order valence-electron chi connectivity index (χ3n) is 11.7. The molecule has 0 radical (unpaired) electrons. The van der Waals surface area contributed by atoms with Gasteiger partial charge in [-0.3, -0.25) is 4.79 Å². The van der Waals surface area contributed by atoms with Crippen molar-refractivity contribution >= 4 is 5.78 Å². The zero-order chi connectivity index (χ0) is 43.8. The van der Waals surface area contributed by atoms with Crippen molar-refractivity contribution in [2.24, 2.45) is 0 Å². The van der Waals surface area contributed by atoms with Crippen molar-refractivity contribution in [2.75, 3.05) is 13.2 Å². The lowest BCUT2D eigenvalue weighted by Gasteiger charge is -2.45. The molecule has 0 aromatic heterocycles. The smallest absolute Gasteiger partial charge is 0.184 e. The van der Waals surface area contributed by atoms with Crippen molar-refractivity contribution in [3.63, 3.8) is 0 Å². The summed E-state index contributed by atoms with van der Waals surface area (Å²) in [5.74, 6) is -0.249. The first-order valence-electron chi connectivity index (χ1n) is 22.3. The molecule has 3 aliphatic heterocycles. The molecule has 3 heterocycles. The van der Waals surface area contributed by atoms with Crippen LogP contribution >= 0.6 is 0 Å². The number of benzene rings is 5. The van der Waals surface area contributed by atoms with E-state index in [4.69, 9.17) is 37.9 Å². The van der Waals surface area contributed by atoms with Crippen molar-refractivity contribution in [3.8, 4) is 0 Å². The molecule has 8 rings (SSSR count). The van der Waals surface area contributed by atoms with E-state index < -0.39 is 61.0 Å². The number of carbonyl (C=O) groups is 1. The molecule has 5 aromatic carbocycles. The summed E-state index contributed by atoms with van der Waals surface area (Å²) in [7, 11) is 0. The van der Waals surface area contributed by atoms with Crippen LogP contribution in [0.4, 0.5) is 0 Å². The number of ketones is 1. The fourth-order valence-electron chi connectivity index (χ4n) is 8.27. The quantitative estimate of drug-likeness (QED) is 0.0606. The normalized spacial score (nSPS) is 26.8. The molecule has 0 unspecified atom stereocenters. The molecule has 334 valence electrons. The molecule has 5 aromatic rings. The Morgan fingerprint density at radius 2 is 0.953 bits per heavy atom. The molecule has 1 N–H and O–H groups in total. The summed E-state index contributed by atoms with van der Waals surface area (Å²) in [6.07, 6.45) is 0.511. The minimum absolute atomic E-state index is 0.0664. The highest BCUT2D eigenvalue weighted by Gasteiger charge is 2.48. The Balaban J connectivity index is 0.996. The van der Waals surface area contributed by atoms with Gasteiger partial charge in [-0.15, -0.1) is 0 Å². The lowest BCUT2D eigenvalue weighted by molar-refractivity contribution is -0.260.